The number of hydrogen-bond acceptors (Lipinski definition) is 3. The van der Waals surface area contributed by atoms with E-state index in [1.807, 2.05) is 0 Å². The van der Waals surface area contributed by atoms with Gasteiger partial charge in [-0.3, -0.25) is 4.90 Å². The number of hydrogen-bond donors (Lipinski definition) is 1. The van der Waals surface area contributed by atoms with Gasteiger partial charge in [-0.1, -0.05) is 6.07 Å². The van der Waals surface area contributed by atoms with Gasteiger partial charge in [0.25, 0.3) is 0 Å². The molecule has 3 rings (SSSR count). The van der Waals surface area contributed by atoms with E-state index >= 15 is 0 Å². The number of fused-ring (bicyclic) bond motifs is 1. The van der Waals surface area contributed by atoms with Crippen molar-refractivity contribution in [3.63, 3.8) is 0 Å². The first kappa shape index (κ1) is 14.9. The minimum absolute atomic E-state index is 0.0974. The second kappa shape index (κ2) is 5.99. The van der Waals surface area contributed by atoms with E-state index in [0.717, 1.165) is 19.5 Å². The molecule has 2 saturated heterocycles. The number of nitrogens with zero attached hydrogens (tertiary/aromatic N) is 1. The lowest BCUT2D eigenvalue weighted by molar-refractivity contribution is -0.0651. The van der Waals surface area contributed by atoms with Crippen molar-refractivity contribution in [2.24, 2.45) is 0 Å². The molecule has 3 nitrogen and oxygen atoms in total. The number of morpholine rings is 1. The zero-order valence-corrected chi connectivity index (χ0v) is 12.5. The van der Waals surface area contributed by atoms with Crippen LogP contribution in [-0.4, -0.2) is 43.8 Å². The summed E-state index contributed by atoms with van der Waals surface area (Å²) < 4.78 is 34.4. The van der Waals surface area contributed by atoms with Gasteiger partial charge in [-0.05, 0) is 45.0 Å². The lowest BCUT2D eigenvalue weighted by Crippen LogP contribution is -2.50. The van der Waals surface area contributed by atoms with Crippen molar-refractivity contribution in [2.75, 3.05) is 26.7 Å². The van der Waals surface area contributed by atoms with Crippen LogP contribution in [-0.2, 0) is 4.74 Å². The van der Waals surface area contributed by atoms with Crippen molar-refractivity contribution in [3.8, 4) is 0 Å². The Hall–Kier alpha value is -1.04. The quantitative estimate of drug-likeness (QED) is 0.927. The van der Waals surface area contributed by atoms with Crippen molar-refractivity contribution in [1.82, 2.24) is 10.2 Å². The van der Waals surface area contributed by atoms with Gasteiger partial charge in [-0.2, -0.15) is 0 Å². The summed E-state index contributed by atoms with van der Waals surface area (Å²) >= 11 is 0. The van der Waals surface area contributed by atoms with Gasteiger partial charge in [0.2, 0.25) is 0 Å². The molecular formula is C16H22F2N2O. The molecule has 0 bridgehead atoms. The predicted molar refractivity (Wildman–Crippen MR) is 77.2 cm³/mol. The minimum Gasteiger partial charge on any atom is -0.373 e. The van der Waals surface area contributed by atoms with Crippen LogP contribution in [0.5, 0.6) is 0 Å². The zero-order chi connectivity index (χ0) is 15.0. The number of halogens is 2. The van der Waals surface area contributed by atoms with Crippen LogP contribution in [0.1, 0.15) is 30.0 Å². The van der Waals surface area contributed by atoms with E-state index in [4.69, 9.17) is 4.74 Å². The van der Waals surface area contributed by atoms with E-state index in [0.29, 0.717) is 18.2 Å². The monoisotopic (exact) mass is 296 g/mol. The Morgan fingerprint density at radius 1 is 1.38 bits per heavy atom. The van der Waals surface area contributed by atoms with Gasteiger partial charge >= 0.3 is 0 Å². The lowest BCUT2D eigenvalue weighted by Gasteiger charge is -2.39. The van der Waals surface area contributed by atoms with E-state index in [1.54, 1.807) is 14.0 Å². The highest BCUT2D eigenvalue weighted by Crippen LogP contribution is 2.31. The molecule has 2 aliphatic rings. The maximum atomic E-state index is 14.4. The van der Waals surface area contributed by atoms with Crippen molar-refractivity contribution in [1.29, 1.82) is 0 Å². The van der Waals surface area contributed by atoms with Gasteiger partial charge in [-0.15, -0.1) is 0 Å². The molecule has 5 heteroatoms. The summed E-state index contributed by atoms with van der Waals surface area (Å²) in [4.78, 5) is 2.38. The van der Waals surface area contributed by atoms with Crippen molar-refractivity contribution >= 4 is 0 Å². The number of ether oxygens (including phenoxy) is 1. The van der Waals surface area contributed by atoms with Gasteiger partial charge < -0.3 is 10.1 Å². The van der Waals surface area contributed by atoms with Crippen molar-refractivity contribution in [3.05, 3.63) is 34.9 Å². The molecule has 1 aromatic rings. The number of rotatable bonds is 3. The van der Waals surface area contributed by atoms with Gasteiger partial charge in [0, 0.05) is 18.2 Å². The zero-order valence-electron chi connectivity index (χ0n) is 12.5. The van der Waals surface area contributed by atoms with E-state index in [2.05, 4.69) is 10.2 Å². The normalized spacial score (nSPS) is 27.6. The second-order valence-electron chi connectivity index (χ2n) is 6.02. The molecule has 1 N–H and O–H groups in total. The number of aryl methyl sites for hydroxylation is 1. The molecule has 2 aliphatic heterocycles. The van der Waals surface area contributed by atoms with Crippen LogP contribution in [0, 0.1) is 18.6 Å². The van der Waals surface area contributed by atoms with E-state index in [9.17, 15) is 8.78 Å². The molecule has 2 heterocycles. The third kappa shape index (κ3) is 2.70. The summed E-state index contributed by atoms with van der Waals surface area (Å²) in [7, 11) is 1.73. The third-order valence-corrected chi connectivity index (χ3v) is 4.73. The first-order valence-corrected chi connectivity index (χ1v) is 7.59. The van der Waals surface area contributed by atoms with Crippen LogP contribution < -0.4 is 5.32 Å². The highest BCUT2D eigenvalue weighted by Gasteiger charge is 2.37. The fraction of sp³-hybridized carbons (Fsp3) is 0.625. The second-order valence-corrected chi connectivity index (χ2v) is 6.02. The average molecular weight is 296 g/mol. The van der Waals surface area contributed by atoms with E-state index in [1.165, 1.54) is 18.6 Å². The number of benzene rings is 1. The summed E-state index contributed by atoms with van der Waals surface area (Å²) in [6.07, 6.45) is 2.11. The molecule has 3 atom stereocenters. The van der Waals surface area contributed by atoms with Crippen molar-refractivity contribution in [2.45, 2.75) is 38.0 Å². The Kier molecular flexibility index (Phi) is 4.24. The Morgan fingerprint density at radius 2 is 2.19 bits per heavy atom. The fourth-order valence-corrected chi connectivity index (χ4v) is 3.52. The molecule has 0 amide bonds. The maximum absolute atomic E-state index is 14.4. The van der Waals surface area contributed by atoms with Crippen LogP contribution in [0.2, 0.25) is 0 Å². The Morgan fingerprint density at radius 3 is 2.95 bits per heavy atom. The van der Waals surface area contributed by atoms with Gasteiger partial charge in [0.1, 0.15) is 11.6 Å². The van der Waals surface area contributed by atoms with Gasteiger partial charge in [-0.25, -0.2) is 8.78 Å². The minimum atomic E-state index is -0.510. The smallest absolute Gasteiger partial charge is 0.133 e. The fourth-order valence-electron chi connectivity index (χ4n) is 3.52. The first-order valence-electron chi connectivity index (χ1n) is 7.59. The summed E-state index contributed by atoms with van der Waals surface area (Å²) in [6, 6.07) is 2.82. The van der Waals surface area contributed by atoms with Gasteiger partial charge in [0.05, 0.1) is 18.8 Å². The van der Waals surface area contributed by atoms with Crippen LogP contribution in [0.25, 0.3) is 0 Å². The molecule has 0 spiro atoms. The predicted octanol–water partition coefficient (Wildman–Crippen LogP) is 2.40. The molecule has 3 unspecified atom stereocenters. The standard InChI is InChI=1S/C16H22F2N2O/c1-10-5-6-12(17)14(15(10)18)16(19-2)13-8-20-7-3-4-11(20)9-21-13/h5-6,11,13,16,19H,3-4,7-9H2,1-2H3. The van der Waals surface area contributed by atoms with Crippen LogP contribution >= 0.6 is 0 Å². The maximum Gasteiger partial charge on any atom is 0.133 e. The Balaban J connectivity index is 1.87. The molecular weight excluding hydrogens is 274 g/mol. The molecule has 0 radical (unpaired) electrons. The molecule has 0 aliphatic carbocycles. The van der Waals surface area contributed by atoms with Crippen LogP contribution in [0.15, 0.2) is 12.1 Å². The largest absolute Gasteiger partial charge is 0.373 e. The topological polar surface area (TPSA) is 24.5 Å². The molecule has 2 fully saturated rings. The van der Waals surface area contributed by atoms with Crippen LogP contribution in [0.3, 0.4) is 0 Å². The third-order valence-electron chi connectivity index (χ3n) is 4.73. The summed E-state index contributed by atoms with van der Waals surface area (Å²) in [5.74, 6) is -0.980. The molecule has 21 heavy (non-hydrogen) atoms. The van der Waals surface area contributed by atoms with Crippen molar-refractivity contribution < 1.29 is 13.5 Å². The highest BCUT2D eigenvalue weighted by molar-refractivity contribution is 5.30. The van der Waals surface area contributed by atoms with Crippen LogP contribution in [0.4, 0.5) is 8.78 Å². The summed E-state index contributed by atoms with van der Waals surface area (Å²) in [5.41, 5.74) is 0.557. The Labute approximate surface area is 124 Å². The average Bonchev–Trinajstić information content (AvgIpc) is 2.95. The SMILES string of the molecule is CNC(c1c(F)ccc(C)c1F)C1CN2CCCC2CO1. The lowest BCUT2D eigenvalue weighted by atomic mass is 9.96. The summed E-state index contributed by atoms with van der Waals surface area (Å²) in [6.45, 7) is 4.09. The summed E-state index contributed by atoms with van der Waals surface area (Å²) in [5, 5.41) is 3.05. The highest BCUT2D eigenvalue weighted by atomic mass is 19.1. The molecule has 0 aromatic heterocycles. The first-order chi connectivity index (χ1) is 10.1. The van der Waals surface area contributed by atoms with E-state index < -0.39 is 17.7 Å². The van der Waals surface area contributed by atoms with E-state index in [-0.39, 0.29) is 11.7 Å². The molecule has 116 valence electrons. The Bertz CT molecular complexity index is 523. The number of nitrogens with one attached hydrogen (secondary N) is 1. The molecule has 0 saturated carbocycles. The number of likely N-dealkylation sites (N-methyl/N-ethyl adjacent to an activating group) is 1. The molecule has 1 aromatic carbocycles. The van der Waals surface area contributed by atoms with Gasteiger partial charge in [0.15, 0.2) is 0 Å².